The van der Waals surface area contributed by atoms with Crippen molar-refractivity contribution in [1.82, 2.24) is 0 Å². The Balaban J connectivity index is 0. The van der Waals surface area contributed by atoms with Crippen LogP contribution in [-0.2, 0) is 23.6 Å². The first kappa shape index (κ1) is 31.5. The molecule has 0 aromatic rings. The van der Waals surface area contributed by atoms with E-state index in [1.165, 1.54) is 0 Å². The van der Waals surface area contributed by atoms with Crippen molar-refractivity contribution in [1.29, 1.82) is 0 Å². The average Bonchev–Trinajstić information content (AvgIpc) is 2.43. The van der Waals surface area contributed by atoms with E-state index < -0.39 is 58.8 Å². The second-order valence-corrected chi connectivity index (χ2v) is 5.32. The molecule has 0 bridgehead atoms. The second kappa shape index (κ2) is 8.02. The van der Waals surface area contributed by atoms with E-state index >= 15 is 0 Å². The van der Waals surface area contributed by atoms with Crippen LogP contribution in [-0.4, -0.2) is 47.8 Å². The minimum absolute atomic E-state index is 0. The number of hydrogen-bond acceptors (Lipinski definition) is 4. The van der Waals surface area contributed by atoms with Crippen molar-refractivity contribution in [2.75, 3.05) is 0 Å². The molecule has 0 spiro atoms. The van der Waals surface area contributed by atoms with Crippen LogP contribution in [0.25, 0.3) is 0 Å². The molecule has 0 fully saturated rings. The van der Waals surface area contributed by atoms with Gasteiger partial charge in [-0.1, -0.05) is 0 Å². The minimum atomic E-state index is -8.78. The molecule has 0 aromatic carbocycles. The minimum Gasteiger partial charge on any atom is -0.397 e. The van der Waals surface area contributed by atoms with Crippen molar-refractivity contribution in [3.8, 4) is 0 Å². The van der Waals surface area contributed by atoms with Crippen molar-refractivity contribution < 1.29 is 106 Å². The Morgan fingerprint density at radius 1 is 0.433 bits per heavy atom. The summed E-state index contributed by atoms with van der Waals surface area (Å²) in [6.07, 6.45) is -15.2. The zero-order chi connectivity index (χ0) is 24.3. The van der Waals surface area contributed by atoms with Gasteiger partial charge in [0.15, 0.2) is 0 Å². The quantitative estimate of drug-likeness (QED) is 0.288. The first-order valence-electron chi connectivity index (χ1n) is 5.67. The van der Waals surface area contributed by atoms with E-state index in [9.17, 15) is 83.1 Å². The van der Waals surface area contributed by atoms with Gasteiger partial charge in [0.1, 0.15) is 0 Å². The summed E-state index contributed by atoms with van der Waals surface area (Å²) >= 11 is 0. The number of halogens is 17. The summed E-state index contributed by atoms with van der Waals surface area (Å²) in [5.41, 5.74) is 0. The Kier molecular flexibility index (Phi) is 8.43. The molecule has 22 heteroatoms. The maximum Gasteiger partial charge on any atom is 1.00 e. The van der Waals surface area contributed by atoms with Gasteiger partial charge in [-0.2, -0.15) is 74.6 Å². The summed E-state index contributed by atoms with van der Waals surface area (Å²) in [5, 5.41) is 0. The molecule has 0 saturated heterocycles. The Morgan fingerprint density at radius 3 is 0.900 bits per heavy atom. The van der Waals surface area contributed by atoms with Gasteiger partial charge in [-0.3, -0.25) is 0 Å². The summed E-state index contributed by atoms with van der Waals surface area (Å²) in [7, 11) is -4.97. The van der Waals surface area contributed by atoms with Crippen LogP contribution in [0.2, 0.25) is 0 Å². The van der Waals surface area contributed by atoms with Crippen molar-refractivity contribution in [3.63, 3.8) is 0 Å². The Bertz CT molecular complexity index is 688. The predicted octanol–water partition coefficient (Wildman–Crippen LogP) is 2.20. The van der Waals surface area contributed by atoms with E-state index in [1.807, 2.05) is 0 Å². The molecular weight excluding hydrogens is 506 g/mol. The van der Waals surface area contributed by atoms with Crippen LogP contribution >= 0.6 is 0 Å². The van der Waals surface area contributed by atoms with Crippen LogP contribution < -0.4 is 18.9 Å². The molecule has 0 aliphatic heterocycles. The Labute approximate surface area is 165 Å². The summed E-state index contributed by atoms with van der Waals surface area (Å²) in [6.45, 7) is 0. The molecule has 0 aromatic heterocycles. The molecule has 0 aliphatic rings. The Morgan fingerprint density at radius 2 is 0.667 bits per heavy atom. The molecule has 0 rings (SSSR count). The van der Waals surface area contributed by atoms with E-state index in [4.69, 9.17) is 0 Å². The van der Waals surface area contributed by atoms with Crippen LogP contribution in [0.4, 0.5) is 74.6 Å². The molecule has 3 nitrogen and oxygen atoms in total. The molecule has 176 valence electrons. The fraction of sp³-hybridized carbons (Fsp3) is 1.00. The van der Waals surface area contributed by atoms with E-state index in [0.29, 0.717) is 0 Å². The molecular formula is C8F17LiO3S. The molecule has 0 unspecified atom stereocenters. The van der Waals surface area contributed by atoms with Crippen molar-refractivity contribution in [3.05, 3.63) is 0 Å². The third kappa shape index (κ3) is 4.18. The SMILES string of the molecule is O=[S-](=O)OC(F)(F)C(F)(F)C(F)(F)C(F)(F)C(F)(F)C(F)(F)C(F)(F)C(F)(F)F.[Li+]. The van der Waals surface area contributed by atoms with Crippen molar-refractivity contribution >= 4 is 11.0 Å². The van der Waals surface area contributed by atoms with Gasteiger partial charge < -0.3 is 12.6 Å². The molecule has 0 saturated carbocycles. The first-order valence-corrected chi connectivity index (χ1v) is 6.67. The van der Waals surface area contributed by atoms with Crippen LogP contribution in [0.3, 0.4) is 0 Å². The molecule has 0 amide bonds. The molecule has 0 atom stereocenters. The van der Waals surface area contributed by atoms with Crippen LogP contribution in [0.1, 0.15) is 0 Å². The van der Waals surface area contributed by atoms with Gasteiger partial charge in [0, 0.05) is 0 Å². The fourth-order valence-corrected chi connectivity index (χ4v) is 1.56. The van der Waals surface area contributed by atoms with Crippen molar-refractivity contribution in [2.45, 2.75) is 47.8 Å². The zero-order valence-corrected chi connectivity index (χ0v) is 13.9. The van der Waals surface area contributed by atoms with Crippen molar-refractivity contribution in [2.24, 2.45) is 0 Å². The van der Waals surface area contributed by atoms with Gasteiger partial charge in [0.05, 0.1) is 11.0 Å². The van der Waals surface area contributed by atoms with E-state index in [1.54, 1.807) is 4.18 Å². The monoisotopic (exact) mass is 506 g/mol. The normalized spacial score (nSPS) is 15.9. The molecule has 0 aliphatic carbocycles. The van der Waals surface area contributed by atoms with Gasteiger partial charge >= 0.3 is 66.7 Å². The van der Waals surface area contributed by atoms with Crippen LogP contribution in [0.15, 0.2) is 0 Å². The Hall–Kier alpha value is -0.683. The van der Waals surface area contributed by atoms with Gasteiger partial charge in [-0.25, -0.2) is 0 Å². The standard InChI is InChI=1S/C8F17O3S.Li/c9-1(10,3(13,14)5(17,18)7(21,22)23)2(11,12)4(15,16)6(19,20)8(24,25)28-29(26)27;/q-1;+1. The van der Waals surface area contributed by atoms with Gasteiger partial charge in [-0.15, -0.1) is 0 Å². The van der Waals surface area contributed by atoms with Gasteiger partial charge in [0.2, 0.25) is 0 Å². The maximum atomic E-state index is 13.1. The smallest absolute Gasteiger partial charge is 0.397 e. The summed E-state index contributed by atoms with van der Waals surface area (Å²) < 4.78 is 236. The van der Waals surface area contributed by atoms with Crippen LogP contribution in [0, 0.1) is 0 Å². The van der Waals surface area contributed by atoms with E-state index in [2.05, 4.69) is 0 Å². The zero-order valence-electron chi connectivity index (χ0n) is 13.1. The fourth-order valence-electron chi connectivity index (χ4n) is 1.29. The molecule has 0 heterocycles. The summed E-state index contributed by atoms with van der Waals surface area (Å²) in [6, 6.07) is 0. The third-order valence-electron chi connectivity index (χ3n) is 2.87. The third-order valence-corrected chi connectivity index (χ3v) is 3.21. The number of hydrogen-bond donors (Lipinski definition) is 0. The van der Waals surface area contributed by atoms with E-state index in [0.717, 1.165) is 0 Å². The average molecular weight is 506 g/mol. The second-order valence-electron chi connectivity index (χ2n) is 4.75. The predicted molar refractivity (Wildman–Crippen MR) is 50.5 cm³/mol. The maximum absolute atomic E-state index is 13.1. The van der Waals surface area contributed by atoms with Gasteiger partial charge in [-0.05, 0) is 0 Å². The number of alkyl halides is 17. The first-order chi connectivity index (χ1) is 12.2. The number of rotatable bonds is 8. The molecule has 0 radical (unpaired) electrons. The summed E-state index contributed by atoms with van der Waals surface area (Å²) in [4.78, 5) is 0. The van der Waals surface area contributed by atoms with E-state index in [-0.39, 0.29) is 18.9 Å². The largest absolute Gasteiger partial charge is 1.00 e. The van der Waals surface area contributed by atoms with Gasteiger partial charge in [0.25, 0.3) is 0 Å². The summed E-state index contributed by atoms with van der Waals surface area (Å²) in [5.74, 6) is -51.2. The topological polar surface area (TPSA) is 43.4 Å². The van der Waals surface area contributed by atoms with Crippen LogP contribution in [0.5, 0.6) is 0 Å². The molecule has 0 N–H and O–H groups in total. The molecule has 30 heavy (non-hydrogen) atoms.